The predicted molar refractivity (Wildman–Crippen MR) is 92.3 cm³/mol. The molecule has 2 saturated heterocycles. The number of urea groups is 1. The van der Waals surface area contributed by atoms with Crippen molar-refractivity contribution in [2.75, 3.05) is 21.4 Å². The Morgan fingerprint density at radius 2 is 2.00 bits per heavy atom. The fourth-order valence-electron chi connectivity index (χ4n) is 2.81. The second-order valence-corrected chi connectivity index (χ2v) is 8.90. The van der Waals surface area contributed by atoms with E-state index in [1.807, 2.05) is 0 Å². The molecule has 2 aliphatic rings. The van der Waals surface area contributed by atoms with Crippen molar-refractivity contribution in [3.8, 4) is 0 Å². The van der Waals surface area contributed by atoms with Gasteiger partial charge >= 0.3 is 6.03 Å². The van der Waals surface area contributed by atoms with Crippen LogP contribution in [0.1, 0.15) is 6.42 Å². The van der Waals surface area contributed by atoms with Crippen LogP contribution in [0, 0.1) is 5.82 Å². The van der Waals surface area contributed by atoms with Crippen LogP contribution in [-0.2, 0) is 14.8 Å². The molecule has 0 saturated carbocycles. The number of alkyl halides is 2. The van der Waals surface area contributed by atoms with Gasteiger partial charge in [0.1, 0.15) is 17.1 Å². The van der Waals surface area contributed by atoms with Crippen molar-refractivity contribution in [1.29, 1.82) is 0 Å². The molecule has 1 N–H and O–H groups in total. The Balaban J connectivity index is 2.00. The lowest BCUT2D eigenvalue weighted by atomic mass is 10.2. The maximum atomic E-state index is 14.3. The van der Waals surface area contributed by atoms with Gasteiger partial charge in [-0.3, -0.25) is 9.52 Å². The molecule has 0 bridgehead atoms. The van der Waals surface area contributed by atoms with Crippen LogP contribution in [0.25, 0.3) is 0 Å². The van der Waals surface area contributed by atoms with E-state index in [4.69, 9.17) is 34.8 Å². The van der Waals surface area contributed by atoms with E-state index in [9.17, 15) is 22.4 Å². The first-order valence-electron chi connectivity index (χ1n) is 6.98. The monoisotopic (exact) mass is 429 g/mol. The molecular weight excluding hydrogens is 420 g/mol. The molecule has 0 spiro atoms. The summed E-state index contributed by atoms with van der Waals surface area (Å²) in [6.45, 7) is 0.175. The number of fused-ring (bicyclic) bond motifs is 1. The second kappa shape index (κ2) is 6.46. The van der Waals surface area contributed by atoms with Crippen molar-refractivity contribution >= 4 is 68.1 Å². The van der Waals surface area contributed by atoms with Gasteiger partial charge in [-0.1, -0.05) is 11.6 Å². The van der Waals surface area contributed by atoms with Gasteiger partial charge < -0.3 is 4.90 Å². The zero-order valence-corrected chi connectivity index (χ0v) is 15.5. The minimum absolute atomic E-state index is 0.175. The first-order valence-corrected chi connectivity index (χ1v) is 9.99. The van der Waals surface area contributed by atoms with E-state index in [1.165, 1.54) is 4.90 Å². The topological polar surface area (TPSA) is 86.8 Å². The number of nitrogens with one attached hydrogen (secondary N) is 1. The highest BCUT2D eigenvalue weighted by molar-refractivity contribution is 7.93. The van der Waals surface area contributed by atoms with Crippen molar-refractivity contribution in [1.82, 2.24) is 4.90 Å². The smallest absolute Gasteiger partial charge is 0.310 e. The number of nitrogens with zero attached hydrogens (tertiary/aromatic N) is 2. The van der Waals surface area contributed by atoms with E-state index < -0.39 is 44.7 Å². The van der Waals surface area contributed by atoms with Crippen LogP contribution in [0.2, 0.25) is 5.02 Å². The maximum absolute atomic E-state index is 14.3. The maximum Gasteiger partial charge on any atom is 0.332 e. The van der Waals surface area contributed by atoms with E-state index in [2.05, 4.69) is 4.72 Å². The lowest BCUT2D eigenvalue weighted by Crippen LogP contribution is -2.35. The van der Waals surface area contributed by atoms with Crippen molar-refractivity contribution in [2.24, 2.45) is 0 Å². The molecule has 0 aromatic heterocycles. The molecule has 136 valence electrons. The van der Waals surface area contributed by atoms with Gasteiger partial charge in [0.05, 0.1) is 21.8 Å². The summed E-state index contributed by atoms with van der Waals surface area (Å²) in [5.41, 5.74) is -0.589. The Morgan fingerprint density at radius 1 is 1.32 bits per heavy atom. The number of benzene rings is 1. The van der Waals surface area contributed by atoms with Gasteiger partial charge in [-0.05, 0) is 18.6 Å². The van der Waals surface area contributed by atoms with Gasteiger partial charge in [0, 0.05) is 6.54 Å². The lowest BCUT2D eigenvalue weighted by molar-refractivity contribution is -0.119. The first kappa shape index (κ1) is 18.5. The quantitative estimate of drug-likeness (QED) is 0.587. The zero-order valence-electron chi connectivity index (χ0n) is 12.4. The van der Waals surface area contributed by atoms with Crippen LogP contribution in [-0.4, -0.2) is 48.4 Å². The molecule has 1 aromatic carbocycles. The molecule has 2 fully saturated rings. The van der Waals surface area contributed by atoms with Crippen molar-refractivity contribution < 1.29 is 22.4 Å². The molecule has 0 aliphatic carbocycles. The molecule has 2 aliphatic heterocycles. The van der Waals surface area contributed by atoms with Crippen LogP contribution in [0.4, 0.5) is 20.6 Å². The van der Waals surface area contributed by atoms with E-state index in [1.54, 1.807) is 0 Å². The number of carbonyl (C=O) groups excluding carboxylic acids is 2. The fraction of sp³-hybridized carbons (Fsp3) is 0.385. The third kappa shape index (κ3) is 3.25. The van der Waals surface area contributed by atoms with Crippen molar-refractivity contribution in [3.63, 3.8) is 0 Å². The molecule has 0 radical (unpaired) electrons. The highest BCUT2D eigenvalue weighted by Crippen LogP contribution is 2.37. The predicted octanol–water partition coefficient (Wildman–Crippen LogP) is 2.57. The summed E-state index contributed by atoms with van der Waals surface area (Å²) in [5.74, 6) is -1.57. The Hall–Kier alpha value is -1.29. The summed E-state index contributed by atoms with van der Waals surface area (Å²) in [6, 6.07) is 0.327. The molecule has 2 heterocycles. The van der Waals surface area contributed by atoms with Crippen LogP contribution in [0.5, 0.6) is 0 Å². The van der Waals surface area contributed by atoms with E-state index in [0.29, 0.717) is 4.90 Å². The highest BCUT2D eigenvalue weighted by Gasteiger charge is 2.51. The summed E-state index contributed by atoms with van der Waals surface area (Å²) in [6.07, 6.45) is 0.267. The second-order valence-electron chi connectivity index (χ2n) is 5.57. The van der Waals surface area contributed by atoms with E-state index in [-0.39, 0.29) is 29.1 Å². The molecule has 7 nitrogen and oxygen atoms in total. The van der Waals surface area contributed by atoms with E-state index in [0.717, 1.165) is 12.1 Å². The van der Waals surface area contributed by atoms with E-state index >= 15 is 0 Å². The normalized spacial score (nSPS) is 23.4. The molecular formula is C13H11Cl3FN3O4S. The van der Waals surface area contributed by atoms with Gasteiger partial charge in [-0.2, -0.15) is 0 Å². The third-order valence-electron chi connectivity index (χ3n) is 3.88. The number of sulfonamides is 1. The zero-order chi connectivity index (χ0) is 18.5. The standard InChI is InChI=1S/C13H11Cl3FN3O4S/c14-5-25(23,24)18-9-3-10(8(17)2-7(9)16)20-12(21)11-1-6(15)4-19(11)13(20)22/h2-3,6,11,18H,1,4-5H2/t6-,11-/m0/s1. The summed E-state index contributed by atoms with van der Waals surface area (Å²) in [7, 11) is -3.91. The third-order valence-corrected chi connectivity index (χ3v) is 6.19. The number of rotatable bonds is 4. The summed E-state index contributed by atoms with van der Waals surface area (Å²) < 4.78 is 39.6. The van der Waals surface area contributed by atoms with Gasteiger partial charge in [0.25, 0.3) is 5.91 Å². The minimum atomic E-state index is -3.91. The van der Waals surface area contributed by atoms with Gasteiger partial charge in [-0.15, -0.1) is 23.2 Å². The number of carbonyl (C=O) groups is 2. The molecule has 25 heavy (non-hydrogen) atoms. The van der Waals surface area contributed by atoms with Crippen molar-refractivity contribution in [2.45, 2.75) is 17.8 Å². The lowest BCUT2D eigenvalue weighted by Gasteiger charge is -2.18. The van der Waals surface area contributed by atoms with Crippen LogP contribution < -0.4 is 9.62 Å². The summed E-state index contributed by atoms with van der Waals surface area (Å²) in [5, 5.41) is -1.33. The molecule has 1 aromatic rings. The first-order chi connectivity index (χ1) is 11.6. The van der Waals surface area contributed by atoms with Gasteiger partial charge in [0.15, 0.2) is 0 Å². The minimum Gasteiger partial charge on any atom is -0.310 e. The average molecular weight is 431 g/mol. The molecule has 3 rings (SSSR count). The number of halogens is 4. The summed E-state index contributed by atoms with van der Waals surface area (Å²) >= 11 is 17.1. The number of imide groups is 1. The largest absolute Gasteiger partial charge is 0.332 e. The van der Waals surface area contributed by atoms with Crippen LogP contribution in [0.15, 0.2) is 12.1 Å². The number of hydrogen-bond acceptors (Lipinski definition) is 4. The Bertz CT molecular complexity index is 842. The number of hydrogen-bond donors (Lipinski definition) is 1. The molecule has 3 amide bonds. The number of amides is 3. The Kier molecular flexibility index (Phi) is 4.78. The van der Waals surface area contributed by atoms with Crippen LogP contribution >= 0.6 is 34.8 Å². The molecule has 12 heteroatoms. The SMILES string of the molecule is O=C1[C@@H]2C[C@H](Cl)CN2C(=O)N1c1cc(NS(=O)(=O)CCl)c(Cl)cc1F. The Labute approximate surface area is 157 Å². The fourth-order valence-corrected chi connectivity index (χ4v) is 4.10. The van der Waals surface area contributed by atoms with Crippen molar-refractivity contribution in [3.05, 3.63) is 23.0 Å². The number of anilines is 2. The average Bonchev–Trinajstić information content (AvgIpc) is 3.01. The molecule has 2 atom stereocenters. The van der Waals surface area contributed by atoms with Gasteiger partial charge in [-0.25, -0.2) is 22.5 Å². The Morgan fingerprint density at radius 3 is 2.60 bits per heavy atom. The summed E-state index contributed by atoms with van der Waals surface area (Å²) in [4.78, 5) is 26.8. The molecule has 0 unspecified atom stereocenters. The van der Waals surface area contributed by atoms with Gasteiger partial charge in [0.2, 0.25) is 10.0 Å². The van der Waals surface area contributed by atoms with Crippen LogP contribution in [0.3, 0.4) is 0 Å². The highest BCUT2D eigenvalue weighted by atomic mass is 35.5.